The molecule has 0 spiro atoms. The van der Waals surface area contributed by atoms with Crippen molar-refractivity contribution in [1.29, 1.82) is 0 Å². The molecule has 1 aromatic carbocycles. The highest BCUT2D eigenvalue weighted by Gasteiger charge is 2.28. The summed E-state index contributed by atoms with van der Waals surface area (Å²) in [4.78, 5) is 39.3. The summed E-state index contributed by atoms with van der Waals surface area (Å²) >= 11 is 3.04. The fourth-order valence-electron chi connectivity index (χ4n) is 3.37. The SMILES string of the molecule is CSc1ccc(C=CC(=O)OCC(=O)Nc2sc3c(c2C(=O)OC(C)C)CCCC3)cc1. The number of fused-ring (bicyclic) bond motifs is 1. The minimum atomic E-state index is -0.612. The van der Waals surface area contributed by atoms with Gasteiger partial charge in [-0.2, -0.15) is 0 Å². The number of aryl methyl sites for hydroxylation is 1. The molecule has 1 aliphatic carbocycles. The molecule has 0 atom stereocenters. The van der Waals surface area contributed by atoms with Gasteiger partial charge >= 0.3 is 11.9 Å². The van der Waals surface area contributed by atoms with E-state index in [-0.39, 0.29) is 6.10 Å². The highest BCUT2D eigenvalue weighted by molar-refractivity contribution is 7.98. The molecule has 6 nitrogen and oxygen atoms in total. The van der Waals surface area contributed by atoms with E-state index in [0.29, 0.717) is 10.6 Å². The normalized spacial score (nSPS) is 13.1. The average Bonchev–Trinajstić information content (AvgIpc) is 3.14. The summed E-state index contributed by atoms with van der Waals surface area (Å²) in [6, 6.07) is 7.73. The number of hydrogen-bond acceptors (Lipinski definition) is 7. The van der Waals surface area contributed by atoms with E-state index in [1.807, 2.05) is 30.5 Å². The van der Waals surface area contributed by atoms with E-state index in [2.05, 4.69) is 5.32 Å². The van der Waals surface area contributed by atoms with Crippen LogP contribution in [0.1, 0.15) is 53.1 Å². The first kappa shape index (κ1) is 24.1. The summed E-state index contributed by atoms with van der Waals surface area (Å²) in [6.45, 7) is 3.15. The van der Waals surface area contributed by atoms with Crippen molar-refractivity contribution in [1.82, 2.24) is 0 Å². The summed E-state index contributed by atoms with van der Waals surface area (Å²) in [5, 5.41) is 3.20. The Morgan fingerprint density at radius 1 is 1.16 bits per heavy atom. The number of amides is 1. The second-order valence-electron chi connectivity index (χ2n) is 7.63. The lowest BCUT2D eigenvalue weighted by Crippen LogP contribution is -2.22. The van der Waals surface area contributed by atoms with E-state index in [1.54, 1.807) is 31.7 Å². The van der Waals surface area contributed by atoms with Gasteiger partial charge < -0.3 is 14.8 Å². The van der Waals surface area contributed by atoms with Gasteiger partial charge in [-0.15, -0.1) is 23.1 Å². The van der Waals surface area contributed by atoms with E-state index in [4.69, 9.17) is 9.47 Å². The molecule has 32 heavy (non-hydrogen) atoms. The Bertz CT molecular complexity index is 1010. The Morgan fingerprint density at radius 2 is 1.88 bits per heavy atom. The molecule has 8 heteroatoms. The molecular weight excluding hydrogens is 446 g/mol. The maximum atomic E-state index is 12.7. The molecule has 3 rings (SSSR count). The van der Waals surface area contributed by atoms with Gasteiger partial charge in [0.05, 0.1) is 11.7 Å². The molecule has 0 radical (unpaired) electrons. The molecule has 1 N–H and O–H groups in total. The van der Waals surface area contributed by atoms with Crippen LogP contribution < -0.4 is 5.32 Å². The summed E-state index contributed by atoms with van der Waals surface area (Å²) < 4.78 is 10.4. The van der Waals surface area contributed by atoms with Crippen molar-refractivity contribution in [3.8, 4) is 0 Å². The van der Waals surface area contributed by atoms with E-state index >= 15 is 0 Å². The first-order chi connectivity index (χ1) is 15.4. The van der Waals surface area contributed by atoms with E-state index in [9.17, 15) is 14.4 Å². The number of carbonyl (C=O) groups excluding carboxylic acids is 3. The molecule has 2 aromatic rings. The minimum Gasteiger partial charge on any atom is -0.459 e. The molecule has 170 valence electrons. The van der Waals surface area contributed by atoms with Gasteiger partial charge in [-0.1, -0.05) is 12.1 Å². The maximum absolute atomic E-state index is 12.7. The minimum absolute atomic E-state index is 0.255. The van der Waals surface area contributed by atoms with Crippen molar-refractivity contribution in [2.75, 3.05) is 18.2 Å². The molecule has 1 amide bonds. The van der Waals surface area contributed by atoms with Crippen molar-refractivity contribution in [3.05, 3.63) is 51.9 Å². The molecule has 1 heterocycles. The quantitative estimate of drug-likeness (QED) is 0.326. The lowest BCUT2D eigenvalue weighted by molar-refractivity contribution is -0.142. The van der Waals surface area contributed by atoms with Gasteiger partial charge in [-0.05, 0) is 75.1 Å². The van der Waals surface area contributed by atoms with Crippen LogP contribution in [0, 0.1) is 0 Å². The molecule has 1 aromatic heterocycles. The van der Waals surface area contributed by atoms with Crippen LogP contribution in [0.25, 0.3) is 6.08 Å². The average molecular weight is 474 g/mol. The third kappa shape index (κ3) is 6.46. The van der Waals surface area contributed by atoms with Gasteiger partial charge in [0.15, 0.2) is 6.61 Å². The standard InChI is InChI=1S/C24H27NO5S2/c1-15(2)30-24(28)22-18-6-4-5-7-19(18)32-23(22)25-20(26)14-29-21(27)13-10-16-8-11-17(31-3)12-9-16/h8-13,15H,4-7,14H2,1-3H3,(H,25,26). The Labute approximate surface area is 196 Å². The lowest BCUT2D eigenvalue weighted by Gasteiger charge is -2.14. The highest BCUT2D eigenvalue weighted by Crippen LogP contribution is 2.38. The first-order valence-corrected chi connectivity index (χ1v) is 12.6. The molecule has 0 saturated heterocycles. The van der Waals surface area contributed by atoms with Crippen LogP contribution in [0.15, 0.2) is 35.2 Å². The van der Waals surface area contributed by atoms with Crippen LogP contribution >= 0.6 is 23.1 Å². The van der Waals surface area contributed by atoms with Crippen molar-refractivity contribution in [2.45, 2.75) is 50.5 Å². The number of ether oxygens (including phenoxy) is 2. The van der Waals surface area contributed by atoms with Crippen LogP contribution in [0.2, 0.25) is 0 Å². The largest absolute Gasteiger partial charge is 0.459 e. The fourth-order valence-corrected chi connectivity index (χ4v) is 5.07. The zero-order chi connectivity index (χ0) is 23.1. The Balaban J connectivity index is 1.60. The topological polar surface area (TPSA) is 81.7 Å². The van der Waals surface area contributed by atoms with Gasteiger partial charge in [0.2, 0.25) is 0 Å². The van der Waals surface area contributed by atoms with Gasteiger partial charge in [0.1, 0.15) is 5.00 Å². The van der Waals surface area contributed by atoms with Gasteiger partial charge in [0.25, 0.3) is 5.91 Å². The zero-order valence-electron chi connectivity index (χ0n) is 18.4. The molecular formula is C24H27NO5S2. The molecule has 0 fully saturated rings. The number of esters is 2. The highest BCUT2D eigenvalue weighted by atomic mass is 32.2. The Morgan fingerprint density at radius 3 is 2.56 bits per heavy atom. The smallest absolute Gasteiger partial charge is 0.341 e. The molecule has 0 unspecified atom stereocenters. The second kappa shape index (κ2) is 11.3. The predicted octanol–water partition coefficient (Wildman–Crippen LogP) is 5.11. The van der Waals surface area contributed by atoms with E-state index < -0.39 is 24.5 Å². The molecule has 0 aliphatic heterocycles. The lowest BCUT2D eigenvalue weighted by atomic mass is 9.95. The van der Waals surface area contributed by atoms with Crippen LogP contribution in [0.3, 0.4) is 0 Å². The van der Waals surface area contributed by atoms with Gasteiger partial charge in [-0.25, -0.2) is 9.59 Å². The monoisotopic (exact) mass is 473 g/mol. The van der Waals surface area contributed by atoms with Crippen LogP contribution in [0.4, 0.5) is 5.00 Å². The molecule has 0 saturated carbocycles. The third-order valence-corrected chi connectivity index (χ3v) is 6.80. The summed E-state index contributed by atoms with van der Waals surface area (Å²) in [6.07, 6.45) is 8.41. The number of nitrogens with one attached hydrogen (secondary N) is 1. The third-order valence-electron chi connectivity index (χ3n) is 4.84. The Hall–Kier alpha value is -2.58. The zero-order valence-corrected chi connectivity index (χ0v) is 20.1. The second-order valence-corrected chi connectivity index (χ2v) is 9.62. The number of hydrogen-bond donors (Lipinski definition) is 1. The van der Waals surface area contributed by atoms with Crippen molar-refractivity contribution < 1.29 is 23.9 Å². The number of anilines is 1. The Kier molecular flexibility index (Phi) is 8.53. The van der Waals surface area contributed by atoms with E-state index in [0.717, 1.165) is 46.6 Å². The summed E-state index contributed by atoms with van der Waals surface area (Å²) in [7, 11) is 0. The number of thioether (sulfide) groups is 1. The molecule has 0 bridgehead atoms. The fraction of sp³-hybridized carbons (Fsp3) is 0.375. The van der Waals surface area contributed by atoms with Crippen LogP contribution in [0.5, 0.6) is 0 Å². The van der Waals surface area contributed by atoms with Gasteiger partial charge in [0, 0.05) is 15.8 Å². The van der Waals surface area contributed by atoms with Crippen molar-refractivity contribution in [3.63, 3.8) is 0 Å². The van der Waals surface area contributed by atoms with Gasteiger partial charge in [-0.3, -0.25) is 4.79 Å². The first-order valence-electron chi connectivity index (χ1n) is 10.5. The number of benzene rings is 1. The predicted molar refractivity (Wildman–Crippen MR) is 128 cm³/mol. The maximum Gasteiger partial charge on any atom is 0.341 e. The van der Waals surface area contributed by atoms with Crippen molar-refractivity contribution >= 4 is 52.0 Å². The number of thiophene rings is 1. The van der Waals surface area contributed by atoms with Crippen molar-refractivity contribution in [2.24, 2.45) is 0 Å². The number of rotatable bonds is 8. The molecule has 1 aliphatic rings. The summed E-state index contributed by atoms with van der Waals surface area (Å²) in [5.41, 5.74) is 2.27. The number of carbonyl (C=O) groups is 3. The summed E-state index contributed by atoms with van der Waals surface area (Å²) in [5.74, 6) is -1.53. The van der Waals surface area contributed by atoms with Crippen LogP contribution in [-0.2, 0) is 31.9 Å². The van der Waals surface area contributed by atoms with E-state index in [1.165, 1.54) is 17.4 Å². The van der Waals surface area contributed by atoms with Crippen LogP contribution in [-0.4, -0.2) is 36.8 Å².